The molecule has 0 aliphatic carbocycles. The molecule has 0 bridgehead atoms. The molecular weight excluding hydrogens is 348 g/mol. The summed E-state index contributed by atoms with van der Waals surface area (Å²) in [7, 11) is -3.57. The molecule has 24 heavy (non-hydrogen) atoms. The molecule has 1 aromatic carbocycles. The number of hydrogen-bond donors (Lipinski definition) is 3. The molecule has 1 aliphatic rings. The number of benzene rings is 1. The highest BCUT2D eigenvalue weighted by molar-refractivity contribution is 7.89. The summed E-state index contributed by atoms with van der Waals surface area (Å²) in [6.07, 6.45) is 1.28. The number of sulfonamides is 1. The fraction of sp³-hybridized carbons (Fsp3) is 0.467. The van der Waals surface area contributed by atoms with Crippen LogP contribution in [-0.4, -0.2) is 43.4 Å². The molecule has 1 fully saturated rings. The van der Waals surface area contributed by atoms with Crippen LogP contribution in [0.1, 0.15) is 19.8 Å². The third kappa shape index (κ3) is 4.65. The van der Waals surface area contributed by atoms with Gasteiger partial charge in [-0.25, -0.2) is 8.42 Å². The van der Waals surface area contributed by atoms with E-state index >= 15 is 0 Å². The van der Waals surface area contributed by atoms with Gasteiger partial charge in [-0.05, 0) is 44.1 Å². The van der Waals surface area contributed by atoms with E-state index in [-0.39, 0.29) is 17.3 Å². The topological polar surface area (TPSA) is 90.5 Å². The molecule has 0 saturated carbocycles. The molecule has 9 heteroatoms. The van der Waals surface area contributed by atoms with E-state index in [0.29, 0.717) is 31.0 Å². The van der Waals surface area contributed by atoms with E-state index in [1.807, 2.05) is 6.92 Å². The lowest BCUT2D eigenvalue weighted by atomic mass is 9.99. The van der Waals surface area contributed by atoms with Crippen molar-refractivity contribution < 1.29 is 13.2 Å². The highest BCUT2D eigenvalue weighted by Gasteiger charge is 2.33. The van der Waals surface area contributed by atoms with Crippen LogP contribution in [0, 0.1) is 5.92 Å². The Bertz CT molecular complexity index is 679. The van der Waals surface area contributed by atoms with Crippen molar-refractivity contribution in [2.75, 3.05) is 19.6 Å². The summed E-state index contributed by atoms with van der Waals surface area (Å²) in [5.41, 5.74) is 5.15. The number of carbonyl (C=O) groups is 1. The van der Waals surface area contributed by atoms with Gasteiger partial charge in [-0.3, -0.25) is 15.6 Å². The van der Waals surface area contributed by atoms with Gasteiger partial charge in [0.2, 0.25) is 15.9 Å². The molecule has 0 radical (unpaired) electrons. The smallest absolute Gasteiger partial charge is 0.243 e. The number of thiocarbonyl (C=S) groups is 1. The summed E-state index contributed by atoms with van der Waals surface area (Å²) in [5.74, 6) is -0.669. The Morgan fingerprint density at radius 2 is 2.00 bits per heavy atom. The van der Waals surface area contributed by atoms with Crippen molar-refractivity contribution in [2.24, 2.45) is 5.92 Å². The van der Waals surface area contributed by atoms with Gasteiger partial charge in [0.15, 0.2) is 5.11 Å². The lowest BCUT2D eigenvalue weighted by Crippen LogP contribution is -2.52. The van der Waals surface area contributed by atoms with E-state index in [0.717, 1.165) is 0 Å². The van der Waals surface area contributed by atoms with Crippen LogP contribution >= 0.6 is 12.2 Å². The quantitative estimate of drug-likeness (QED) is 0.531. The van der Waals surface area contributed by atoms with Gasteiger partial charge >= 0.3 is 0 Å². The Hall–Kier alpha value is -1.71. The van der Waals surface area contributed by atoms with Gasteiger partial charge in [0, 0.05) is 19.6 Å². The number of hydrogen-bond acceptors (Lipinski definition) is 4. The number of carbonyl (C=O) groups excluding carboxylic acids is 1. The first-order valence-corrected chi connectivity index (χ1v) is 9.69. The summed E-state index contributed by atoms with van der Waals surface area (Å²) in [5, 5.41) is 3.19. The molecular formula is C15H22N4O3S2. The Balaban J connectivity index is 1.99. The van der Waals surface area contributed by atoms with Crippen molar-refractivity contribution in [3.8, 4) is 0 Å². The molecule has 7 nitrogen and oxygen atoms in total. The number of piperidine rings is 1. The van der Waals surface area contributed by atoms with Gasteiger partial charge in [-0.2, -0.15) is 4.31 Å². The van der Waals surface area contributed by atoms with Crippen LogP contribution in [0.25, 0.3) is 0 Å². The summed E-state index contributed by atoms with van der Waals surface area (Å²) in [6, 6.07) is 8.27. The normalized spacial score (nSPS) is 18.6. The van der Waals surface area contributed by atoms with E-state index in [2.05, 4.69) is 16.2 Å². The van der Waals surface area contributed by atoms with Crippen LogP contribution in [0.4, 0.5) is 0 Å². The number of nitrogens with one attached hydrogen (secondary N) is 3. The summed E-state index contributed by atoms with van der Waals surface area (Å²) >= 11 is 4.98. The highest BCUT2D eigenvalue weighted by atomic mass is 32.2. The van der Waals surface area contributed by atoms with Gasteiger partial charge < -0.3 is 5.32 Å². The van der Waals surface area contributed by atoms with Crippen molar-refractivity contribution in [3.63, 3.8) is 0 Å². The lowest BCUT2D eigenvalue weighted by molar-refractivity contribution is -0.126. The first-order valence-electron chi connectivity index (χ1n) is 7.84. The molecule has 0 aromatic heterocycles. The maximum absolute atomic E-state index is 12.7. The molecule has 132 valence electrons. The third-order valence-corrected chi connectivity index (χ3v) is 5.90. The van der Waals surface area contributed by atoms with Crippen molar-refractivity contribution in [1.82, 2.24) is 20.5 Å². The zero-order chi connectivity index (χ0) is 17.6. The fourth-order valence-corrected chi connectivity index (χ4v) is 4.28. The maximum Gasteiger partial charge on any atom is 0.243 e. The average Bonchev–Trinajstić information content (AvgIpc) is 2.61. The lowest BCUT2D eigenvalue weighted by Gasteiger charge is -2.31. The van der Waals surface area contributed by atoms with Crippen LogP contribution < -0.4 is 16.2 Å². The molecule has 1 amide bonds. The van der Waals surface area contributed by atoms with E-state index < -0.39 is 15.9 Å². The zero-order valence-corrected chi connectivity index (χ0v) is 15.1. The Kier molecular flexibility index (Phi) is 6.52. The molecule has 1 aromatic rings. The number of amides is 1. The van der Waals surface area contributed by atoms with E-state index in [1.165, 1.54) is 4.31 Å². The van der Waals surface area contributed by atoms with Gasteiger partial charge in [0.05, 0.1) is 10.8 Å². The van der Waals surface area contributed by atoms with Gasteiger partial charge in [-0.15, -0.1) is 0 Å². The molecule has 3 N–H and O–H groups in total. The van der Waals surface area contributed by atoms with Crippen LogP contribution in [0.3, 0.4) is 0 Å². The molecule has 1 aliphatic heterocycles. The molecule has 0 spiro atoms. The van der Waals surface area contributed by atoms with Gasteiger partial charge in [0.25, 0.3) is 0 Å². The molecule has 1 atom stereocenters. The fourth-order valence-electron chi connectivity index (χ4n) is 2.54. The Labute approximate surface area is 147 Å². The summed E-state index contributed by atoms with van der Waals surface area (Å²) in [4.78, 5) is 12.5. The minimum atomic E-state index is -3.57. The van der Waals surface area contributed by atoms with E-state index in [4.69, 9.17) is 12.2 Å². The largest absolute Gasteiger partial charge is 0.362 e. The molecule has 1 heterocycles. The van der Waals surface area contributed by atoms with Crippen LogP contribution in [0.2, 0.25) is 0 Å². The monoisotopic (exact) mass is 370 g/mol. The summed E-state index contributed by atoms with van der Waals surface area (Å²) in [6.45, 7) is 3.13. The van der Waals surface area contributed by atoms with Crippen LogP contribution in [-0.2, 0) is 14.8 Å². The van der Waals surface area contributed by atoms with Crippen molar-refractivity contribution >= 4 is 33.3 Å². The van der Waals surface area contributed by atoms with E-state index in [9.17, 15) is 13.2 Å². The average molecular weight is 371 g/mol. The number of nitrogens with zero attached hydrogens (tertiary/aromatic N) is 1. The Morgan fingerprint density at radius 3 is 2.67 bits per heavy atom. The predicted molar refractivity (Wildman–Crippen MR) is 95.5 cm³/mol. The molecule has 2 rings (SSSR count). The summed E-state index contributed by atoms with van der Waals surface area (Å²) < 4.78 is 26.7. The van der Waals surface area contributed by atoms with Crippen molar-refractivity contribution in [2.45, 2.75) is 24.7 Å². The van der Waals surface area contributed by atoms with Crippen molar-refractivity contribution in [1.29, 1.82) is 0 Å². The van der Waals surface area contributed by atoms with Gasteiger partial charge in [-0.1, -0.05) is 18.2 Å². The number of rotatable bonds is 4. The third-order valence-electron chi connectivity index (χ3n) is 3.77. The van der Waals surface area contributed by atoms with Crippen LogP contribution in [0.15, 0.2) is 35.2 Å². The second-order valence-corrected chi connectivity index (χ2v) is 7.84. The second-order valence-electron chi connectivity index (χ2n) is 5.49. The first kappa shape index (κ1) is 18.6. The minimum Gasteiger partial charge on any atom is -0.362 e. The van der Waals surface area contributed by atoms with Gasteiger partial charge in [0.1, 0.15) is 0 Å². The molecule has 1 saturated heterocycles. The van der Waals surface area contributed by atoms with Crippen LogP contribution in [0.5, 0.6) is 0 Å². The zero-order valence-electron chi connectivity index (χ0n) is 13.5. The SMILES string of the molecule is CCNC(=S)NNC(=O)C1CCCN(S(=O)(=O)c2ccccc2)C1. The van der Waals surface area contributed by atoms with E-state index in [1.54, 1.807) is 30.3 Å². The minimum absolute atomic E-state index is 0.165. The standard InChI is InChI=1S/C15H22N4O3S2/c1-2-16-15(23)18-17-14(20)12-7-6-10-19(11-12)24(21,22)13-8-4-3-5-9-13/h3-5,8-9,12H,2,6-7,10-11H2,1H3,(H,17,20)(H2,16,18,23). The predicted octanol–water partition coefficient (Wildman–Crippen LogP) is 0.603. The Morgan fingerprint density at radius 1 is 1.29 bits per heavy atom. The first-order chi connectivity index (χ1) is 11.4. The number of hydrazine groups is 1. The second kappa shape index (κ2) is 8.41. The molecule has 1 unspecified atom stereocenters. The highest BCUT2D eigenvalue weighted by Crippen LogP contribution is 2.23. The van der Waals surface area contributed by atoms with Crippen molar-refractivity contribution in [3.05, 3.63) is 30.3 Å². The maximum atomic E-state index is 12.7.